The molecule has 0 aliphatic carbocycles. The van der Waals surface area contributed by atoms with Crippen LogP contribution in [-0.4, -0.2) is 5.78 Å². The van der Waals surface area contributed by atoms with E-state index in [0.717, 1.165) is 11.4 Å². The Bertz CT molecular complexity index is 651. The lowest BCUT2D eigenvalue weighted by Gasteiger charge is -2.07. The molecule has 0 aliphatic rings. The molecular weight excluding hydrogens is 293 g/mol. The third-order valence-electron chi connectivity index (χ3n) is 2.67. The van der Waals surface area contributed by atoms with Crippen molar-refractivity contribution >= 4 is 34.7 Å². The van der Waals surface area contributed by atoms with Gasteiger partial charge in [-0.25, -0.2) is 0 Å². The molecule has 20 heavy (non-hydrogen) atoms. The van der Waals surface area contributed by atoms with Crippen molar-refractivity contribution in [3.05, 3.63) is 75.9 Å². The first-order valence-corrected chi connectivity index (χ1v) is 6.81. The fourth-order valence-electron chi connectivity index (χ4n) is 1.72. The molecule has 0 unspecified atom stereocenters. The molecule has 0 fully saturated rings. The summed E-state index contributed by atoms with van der Waals surface area (Å²) in [5.74, 6) is -0.0457. The predicted octanol–water partition coefficient (Wildman–Crippen LogP) is 5.19. The quantitative estimate of drug-likeness (QED) is 0.622. The molecule has 0 atom stereocenters. The van der Waals surface area contributed by atoms with Gasteiger partial charge >= 0.3 is 0 Å². The fourth-order valence-corrected chi connectivity index (χ4v) is 2.02. The fraction of sp³-hybridized carbons (Fsp3) is 0.0625. The Balaban J connectivity index is 2.11. The number of hydrogen-bond donors (Lipinski definition) is 1. The van der Waals surface area contributed by atoms with Gasteiger partial charge in [0.25, 0.3) is 0 Å². The standard InChI is InChI=1S/C16H13Cl2NO/c1-11(9-16(20)12-5-3-2-4-6-12)19-13-7-8-14(17)15(18)10-13/h2-10,19H,1H3/b11-9+. The van der Waals surface area contributed by atoms with Gasteiger partial charge < -0.3 is 5.32 Å². The number of carbonyl (C=O) groups is 1. The molecule has 0 saturated heterocycles. The third-order valence-corrected chi connectivity index (χ3v) is 3.41. The van der Waals surface area contributed by atoms with E-state index in [1.54, 1.807) is 36.4 Å². The van der Waals surface area contributed by atoms with Crippen LogP contribution in [0.5, 0.6) is 0 Å². The van der Waals surface area contributed by atoms with Gasteiger partial charge in [-0.05, 0) is 25.1 Å². The maximum absolute atomic E-state index is 12.0. The van der Waals surface area contributed by atoms with Crippen molar-refractivity contribution in [2.75, 3.05) is 5.32 Å². The minimum Gasteiger partial charge on any atom is -0.359 e. The van der Waals surface area contributed by atoms with Gasteiger partial charge in [-0.2, -0.15) is 0 Å². The molecule has 102 valence electrons. The van der Waals surface area contributed by atoms with Gasteiger partial charge in [-0.3, -0.25) is 4.79 Å². The summed E-state index contributed by atoms with van der Waals surface area (Å²) in [7, 11) is 0. The Hall–Kier alpha value is -1.77. The van der Waals surface area contributed by atoms with Crippen molar-refractivity contribution in [3.8, 4) is 0 Å². The number of halogens is 2. The lowest BCUT2D eigenvalue weighted by molar-refractivity contribution is 0.104. The highest BCUT2D eigenvalue weighted by molar-refractivity contribution is 6.42. The second kappa shape index (κ2) is 6.60. The van der Waals surface area contributed by atoms with E-state index >= 15 is 0 Å². The highest BCUT2D eigenvalue weighted by Crippen LogP contribution is 2.25. The number of hydrogen-bond acceptors (Lipinski definition) is 2. The Kier molecular flexibility index (Phi) is 4.83. The Morgan fingerprint density at radius 1 is 1.05 bits per heavy atom. The molecule has 0 heterocycles. The van der Waals surface area contributed by atoms with Gasteiger partial charge in [-0.1, -0.05) is 53.5 Å². The first-order valence-electron chi connectivity index (χ1n) is 6.06. The van der Waals surface area contributed by atoms with Crippen LogP contribution in [0.4, 0.5) is 5.69 Å². The van der Waals surface area contributed by atoms with Gasteiger partial charge in [0.15, 0.2) is 5.78 Å². The summed E-state index contributed by atoms with van der Waals surface area (Å²) in [5, 5.41) is 4.08. The van der Waals surface area contributed by atoms with Crippen molar-refractivity contribution in [1.82, 2.24) is 0 Å². The average Bonchev–Trinajstić information content (AvgIpc) is 2.44. The molecule has 0 aromatic heterocycles. The minimum absolute atomic E-state index is 0.0457. The van der Waals surface area contributed by atoms with Crippen LogP contribution in [0.3, 0.4) is 0 Å². The number of anilines is 1. The summed E-state index contributed by atoms with van der Waals surface area (Å²) >= 11 is 11.8. The van der Waals surface area contributed by atoms with E-state index in [1.165, 1.54) is 0 Å². The van der Waals surface area contributed by atoms with Gasteiger partial charge in [-0.15, -0.1) is 0 Å². The maximum Gasteiger partial charge on any atom is 0.187 e. The van der Waals surface area contributed by atoms with Crippen molar-refractivity contribution in [2.45, 2.75) is 6.92 Å². The number of nitrogens with one attached hydrogen (secondary N) is 1. The largest absolute Gasteiger partial charge is 0.359 e. The van der Waals surface area contributed by atoms with Crippen LogP contribution in [-0.2, 0) is 0 Å². The first kappa shape index (κ1) is 14.6. The number of carbonyl (C=O) groups excluding carboxylic acids is 1. The summed E-state index contributed by atoms with van der Waals surface area (Å²) in [6.07, 6.45) is 1.55. The first-order chi connectivity index (χ1) is 9.56. The van der Waals surface area contributed by atoms with Crippen LogP contribution < -0.4 is 5.32 Å². The van der Waals surface area contributed by atoms with Crippen LogP contribution in [0.15, 0.2) is 60.3 Å². The molecule has 0 saturated carbocycles. The minimum atomic E-state index is -0.0457. The van der Waals surface area contributed by atoms with E-state index in [-0.39, 0.29) is 5.78 Å². The zero-order valence-corrected chi connectivity index (χ0v) is 12.4. The normalized spacial score (nSPS) is 11.2. The van der Waals surface area contributed by atoms with E-state index in [4.69, 9.17) is 23.2 Å². The summed E-state index contributed by atoms with van der Waals surface area (Å²) in [6.45, 7) is 1.82. The Morgan fingerprint density at radius 2 is 1.75 bits per heavy atom. The van der Waals surface area contributed by atoms with Crippen molar-refractivity contribution in [3.63, 3.8) is 0 Å². The van der Waals surface area contributed by atoms with E-state index in [0.29, 0.717) is 15.6 Å². The summed E-state index contributed by atoms with van der Waals surface area (Å²) in [5.41, 5.74) is 2.18. The third kappa shape index (κ3) is 3.86. The topological polar surface area (TPSA) is 29.1 Å². The zero-order valence-electron chi connectivity index (χ0n) is 10.9. The highest BCUT2D eigenvalue weighted by atomic mass is 35.5. The molecule has 0 aliphatic heterocycles. The molecule has 4 heteroatoms. The lowest BCUT2D eigenvalue weighted by atomic mass is 10.1. The monoisotopic (exact) mass is 305 g/mol. The number of rotatable bonds is 4. The van der Waals surface area contributed by atoms with Crippen LogP contribution in [0, 0.1) is 0 Å². The van der Waals surface area contributed by atoms with E-state index < -0.39 is 0 Å². The second-order valence-corrected chi connectivity index (χ2v) is 5.13. The van der Waals surface area contributed by atoms with E-state index in [9.17, 15) is 4.79 Å². The SMILES string of the molecule is C/C(=C\C(=O)c1ccccc1)Nc1ccc(Cl)c(Cl)c1. The highest BCUT2D eigenvalue weighted by Gasteiger charge is 2.03. The van der Waals surface area contributed by atoms with Gasteiger partial charge in [0, 0.05) is 23.0 Å². The Morgan fingerprint density at radius 3 is 2.40 bits per heavy atom. The van der Waals surface area contributed by atoms with Crippen LogP contribution in [0.2, 0.25) is 10.0 Å². The smallest absolute Gasteiger partial charge is 0.187 e. The molecule has 0 radical (unpaired) electrons. The lowest BCUT2D eigenvalue weighted by Crippen LogP contribution is -2.01. The number of benzene rings is 2. The summed E-state index contributed by atoms with van der Waals surface area (Å²) < 4.78 is 0. The van der Waals surface area contributed by atoms with Gasteiger partial charge in [0.2, 0.25) is 0 Å². The van der Waals surface area contributed by atoms with Crippen molar-refractivity contribution in [2.24, 2.45) is 0 Å². The predicted molar refractivity (Wildman–Crippen MR) is 84.6 cm³/mol. The molecule has 2 rings (SSSR count). The van der Waals surface area contributed by atoms with Crippen LogP contribution in [0.1, 0.15) is 17.3 Å². The molecular formula is C16H13Cl2NO. The van der Waals surface area contributed by atoms with E-state index in [1.807, 2.05) is 25.1 Å². The van der Waals surface area contributed by atoms with Crippen molar-refractivity contribution in [1.29, 1.82) is 0 Å². The molecule has 0 spiro atoms. The molecule has 0 amide bonds. The number of allylic oxidation sites excluding steroid dienone is 2. The molecule has 2 aromatic carbocycles. The molecule has 2 aromatic rings. The summed E-state index contributed by atoms with van der Waals surface area (Å²) in [6, 6.07) is 14.3. The van der Waals surface area contributed by atoms with Gasteiger partial charge in [0.1, 0.15) is 0 Å². The van der Waals surface area contributed by atoms with Crippen LogP contribution in [0.25, 0.3) is 0 Å². The van der Waals surface area contributed by atoms with Crippen LogP contribution >= 0.6 is 23.2 Å². The zero-order chi connectivity index (χ0) is 14.5. The molecule has 2 nitrogen and oxygen atoms in total. The Labute approximate surface area is 128 Å². The summed E-state index contributed by atoms with van der Waals surface area (Å²) in [4.78, 5) is 12.0. The second-order valence-electron chi connectivity index (χ2n) is 4.31. The average molecular weight is 306 g/mol. The van der Waals surface area contributed by atoms with E-state index in [2.05, 4.69) is 5.32 Å². The molecule has 0 bridgehead atoms. The van der Waals surface area contributed by atoms with Crippen molar-refractivity contribution < 1.29 is 4.79 Å². The van der Waals surface area contributed by atoms with Gasteiger partial charge in [0.05, 0.1) is 10.0 Å². The molecule has 1 N–H and O–H groups in total. The maximum atomic E-state index is 12.0. The number of ketones is 1.